The first kappa shape index (κ1) is 21.9. The zero-order valence-corrected chi connectivity index (χ0v) is 20.3. The summed E-state index contributed by atoms with van der Waals surface area (Å²) in [7, 11) is 0. The summed E-state index contributed by atoms with van der Waals surface area (Å²) >= 11 is 0. The molecular weight excluding hydrogens is 384 g/mol. The highest BCUT2D eigenvalue weighted by Gasteiger charge is 2.58. The van der Waals surface area contributed by atoms with Crippen LogP contribution in [0.2, 0.25) is 0 Å². The van der Waals surface area contributed by atoms with Crippen LogP contribution in [0.25, 0.3) is 0 Å². The minimum Gasteiger partial charge on any atom is -0.390 e. The van der Waals surface area contributed by atoms with E-state index >= 15 is 0 Å². The van der Waals surface area contributed by atoms with Gasteiger partial charge in [0.1, 0.15) is 0 Å². The molecule has 1 N–H and O–H groups in total. The Morgan fingerprint density at radius 2 is 1.87 bits per heavy atom. The minimum atomic E-state index is -0.354. The molecule has 5 nitrogen and oxygen atoms in total. The largest absolute Gasteiger partial charge is 0.390 e. The fourth-order valence-electron chi connectivity index (χ4n) is 9.42. The van der Waals surface area contributed by atoms with Crippen LogP contribution in [-0.4, -0.2) is 30.9 Å². The van der Waals surface area contributed by atoms with Crippen LogP contribution < -0.4 is 0 Å². The summed E-state index contributed by atoms with van der Waals surface area (Å²) < 4.78 is 0. The van der Waals surface area contributed by atoms with E-state index in [1.165, 1.54) is 44.9 Å². The van der Waals surface area contributed by atoms with Crippen molar-refractivity contribution in [3.05, 3.63) is 5.82 Å². The lowest BCUT2D eigenvalue weighted by molar-refractivity contribution is -0.110. The lowest BCUT2D eigenvalue weighted by atomic mass is 9.48. The number of aryl methyl sites for hydroxylation is 1. The van der Waals surface area contributed by atoms with Crippen LogP contribution in [0.5, 0.6) is 0 Å². The molecule has 1 aromatic heterocycles. The molecule has 9 atom stereocenters. The normalized spacial score (nSPS) is 45.6. The van der Waals surface area contributed by atoms with Crippen molar-refractivity contribution in [2.24, 2.45) is 46.8 Å². The fourth-order valence-corrected chi connectivity index (χ4v) is 9.42. The standard InChI is InChI=1S/C26H44N4O/c1-5-12-26(31)14-11-20-19(15-26)6-7-22-21(20)10-13-25(4)23(8-9-24(22)25)17(2)16-30-28-18(3)27-29-30/h17,19-24,31H,5-16H2,1-4H3/t17?,19-,20-,21+,22+,23+,24-,25+,26+/m0/s1. The van der Waals surface area contributed by atoms with Gasteiger partial charge in [0.2, 0.25) is 0 Å². The maximum absolute atomic E-state index is 11.1. The van der Waals surface area contributed by atoms with Gasteiger partial charge in [-0.1, -0.05) is 27.2 Å². The summed E-state index contributed by atoms with van der Waals surface area (Å²) in [6, 6.07) is 0. The van der Waals surface area contributed by atoms with E-state index in [2.05, 4.69) is 36.2 Å². The topological polar surface area (TPSA) is 63.8 Å². The van der Waals surface area contributed by atoms with E-state index in [0.29, 0.717) is 11.3 Å². The quantitative estimate of drug-likeness (QED) is 0.680. The molecule has 0 amide bonds. The third kappa shape index (κ3) is 3.77. The first-order valence-electron chi connectivity index (χ1n) is 13.3. The molecule has 0 radical (unpaired) electrons. The Hall–Kier alpha value is -0.970. The molecule has 1 heterocycles. The number of hydrogen-bond donors (Lipinski definition) is 1. The molecule has 4 aliphatic carbocycles. The first-order chi connectivity index (χ1) is 14.8. The van der Waals surface area contributed by atoms with Crippen molar-refractivity contribution in [3.63, 3.8) is 0 Å². The zero-order chi connectivity index (χ0) is 21.8. The number of hydrogen-bond acceptors (Lipinski definition) is 4. The SMILES string of the molecule is CCC[C@@]1(O)CC[C@H]2[C@@H](CC[C@@H]3[C@@H]2CC[C@]2(C)[C@@H](C(C)Cn4nnc(C)n4)CC[C@@H]32)C1. The van der Waals surface area contributed by atoms with Crippen molar-refractivity contribution in [1.82, 2.24) is 20.2 Å². The van der Waals surface area contributed by atoms with Gasteiger partial charge in [0, 0.05) is 0 Å². The molecule has 0 spiro atoms. The van der Waals surface area contributed by atoms with Crippen molar-refractivity contribution in [2.75, 3.05) is 0 Å². The molecule has 0 aliphatic heterocycles. The lowest BCUT2D eigenvalue weighted by Gasteiger charge is -2.57. The number of nitrogens with zero attached hydrogens (tertiary/aromatic N) is 4. The molecule has 5 heteroatoms. The van der Waals surface area contributed by atoms with Gasteiger partial charge < -0.3 is 5.11 Å². The number of tetrazole rings is 1. The fraction of sp³-hybridized carbons (Fsp3) is 0.962. The van der Waals surface area contributed by atoms with E-state index in [9.17, 15) is 5.11 Å². The zero-order valence-electron chi connectivity index (χ0n) is 20.3. The Labute approximate surface area is 188 Å². The Kier molecular flexibility index (Phi) is 5.72. The summed E-state index contributed by atoms with van der Waals surface area (Å²) in [4.78, 5) is 1.83. The van der Waals surface area contributed by atoms with Crippen LogP contribution in [0.1, 0.15) is 97.2 Å². The number of fused-ring (bicyclic) bond motifs is 5. The van der Waals surface area contributed by atoms with Gasteiger partial charge >= 0.3 is 0 Å². The van der Waals surface area contributed by atoms with Gasteiger partial charge in [-0.25, -0.2) is 0 Å². The maximum atomic E-state index is 11.1. The summed E-state index contributed by atoms with van der Waals surface area (Å²) in [5, 5.41) is 23.9. The molecule has 4 saturated carbocycles. The minimum absolute atomic E-state index is 0.354. The van der Waals surface area contributed by atoms with Gasteiger partial charge in [-0.15, -0.1) is 10.2 Å². The van der Waals surface area contributed by atoms with Crippen molar-refractivity contribution < 1.29 is 5.11 Å². The van der Waals surface area contributed by atoms with E-state index in [0.717, 1.165) is 73.6 Å². The Balaban J connectivity index is 1.28. The number of aromatic nitrogens is 4. The second-order valence-corrected chi connectivity index (χ2v) is 12.2. The van der Waals surface area contributed by atoms with E-state index in [-0.39, 0.29) is 5.60 Å². The van der Waals surface area contributed by atoms with Crippen molar-refractivity contribution >= 4 is 0 Å². The van der Waals surface area contributed by atoms with Gasteiger partial charge in [0.25, 0.3) is 0 Å². The van der Waals surface area contributed by atoms with Gasteiger partial charge in [0.05, 0.1) is 12.1 Å². The number of rotatable bonds is 5. The third-order valence-electron chi connectivity index (χ3n) is 10.6. The Morgan fingerprint density at radius 3 is 2.61 bits per heavy atom. The first-order valence-corrected chi connectivity index (χ1v) is 13.3. The van der Waals surface area contributed by atoms with Crippen LogP contribution in [0.15, 0.2) is 0 Å². The summed E-state index contributed by atoms with van der Waals surface area (Å²) in [5.74, 6) is 6.60. The smallest absolute Gasteiger partial charge is 0.171 e. The molecule has 0 saturated heterocycles. The Bertz CT molecular complexity index is 779. The average molecular weight is 429 g/mol. The highest BCUT2D eigenvalue weighted by Crippen LogP contribution is 2.65. The molecule has 4 aliphatic rings. The van der Waals surface area contributed by atoms with Crippen molar-refractivity contribution in [3.8, 4) is 0 Å². The predicted molar refractivity (Wildman–Crippen MR) is 122 cm³/mol. The second-order valence-electron chi connectivity index (χ2n) is 12.2. The van der Waals surface area contributed by atoms with E-state index in [1.807, 2.05) is 11.7 Å². The van der Waals surface area contributed by atoms with Crippen molar-refractivity contribution in [1.29, 1.82) is 0 Å². The van der Waals surface area contributed by atoms with Crippen LogP contribution in [0.4, 0.5) is 0 Å². The van der Waals surface area contributed by atoms with E-state index in [1.54, 1.807) is 0 Å². The van der Waals surface area contributed by atoms with Crippen LogP contribution in [-0.2, 0) is 6.54 Å². The van der Waals surface area contributed by atoms with Crippen LogP contribution >= 0.6 is 0 Å². The van der Waals surface area contributed by atoms with Crippen LogP contribution in [0, 0.1) is 53.8 Å². The monoisotopic (exact) mass is 428 g/mol. The molecular formula is C26H44N4O. The van der Waals surface area contributed by atoms with Gasteiger partial charge in [-0.05, 0) is 123 Å². The molecule has 0 aromatic carbocycles. The third-order valence-corrected chi connectivity index (χ3v) is 10.6. The summed E-state index contributed by atoms with van der Waals surface area (Å²) in [6.45, 7) is 10.1. The molecule has 1 aromatic rings. The molecule has 4 fully saturated rings. The molecule has 31 heavy (non-hydrogen) atoms. The molecule has 0 bridgehead atoms. The lowest BCUT2D eigenvalue weighted by Crippen LogP contribution is -2.51. The predicted octanol–water partition coefficient (Wildman–Crippen LogP) is 5.42. The highest BCUT2D eigenvalue weighted by molar-refractivity contribution is 5.07. The summed E-state index contributed by atoms with van der Waals surface area (Å²) in [6.07, 6.45) is 14.0. The molecule has 5 rings (SSSR count). The molecule has 174 valence electrons. The highest BCUT2D eigenvalue weighted by atomic mass is 16.3. The van der Waals surface area contributed by atoms with Crippen molar-refractivity contribution in [2.45, 2.75) is 110 Å². The van der Waals surface area contributed by atoms with E-state index in [4.69, 9.17) is 0 Å². The second kappa shape index (κ2) is 8.11. The maximum Gasteiger partial charge on any atom is 0.171 e. The van der Waals surface area contributed by atoms with E-state index < -0.39 is 0 Å². The van der Waals surface area contributed by atoms with Gasteiger partial charge in [-0.3, -0.25) is 0 Å². The van der Waals surface area contributed by atoms with Gasteiger partial charge in [0.15, 0.2) is 5.82 Å². The van der Waals surface area contributed by atoms with Crippen LogP contribution in [0.3, 0.4) is 0 Å². The summed E-state index contributed by atoms with van der Waals surface area (Å²) in [5.41, 5.74) is 0.133. The molecule has 1 unspecified atom stereocenters. The average Bonchev–Trinajstić information content (AvgIpc) is 3.29. The Morgan fingerprint density at radius 1 is 1.06 bits per heavy atom. The number of aliphatic hydroxyl groups is 1. The van der Waals surface area contributed by atoms with Gasteiger partial charge in [-0.2, -0.15) is 4.80 Å².